The highest BCUT2D eigenvalue weighted by molar-refractivity contribution is 6.00. The highest BCUT2D eigenvalue weighted by Gasteiger charge is 2.22. The Morgan fingerprint density at radius 3 is 2.53 bits per heavy atom. The minimum atomic E-state index is -0.168. The van der Waals surface area contributed by atoms with E-state index in [0.717, 1.165) is 25.2 Å². The van der Waals surface area contributed by atoms with Gasteiger partial charge in [-0.2, -0.15) is 0 Å². The standard InChI is InChI=1S/C28H27N3O3/c32-27(29-17-23-20-31(15-16-33-23)19-21-9-3-1-4-10-21)24-13-7-8-14-25(24)28-30-18-26(34-28)22-11-5-2-6-12-22/h1-14,18,23H,15-17,19-20H2,(H,29,32). The quantitative estimate of drug-likeness (QED) is 0.442. The van der Waals surface area contributed by atoms with Crippen LogP contribution in [0.15, 0.2) is 95.5 Å². The van der Waals surface area contributed by atoms with Gasteiger partial charge in [0.25, 0.3) is 5.91 Å². The highest BCUT2D eigenvalue weighted by Crippen LogP contribution is 2.28. The fourth-order valence-corrected chi connectivity index (χ4v) is 4.19. The van der Waals surface area contributed by atoms with Gasteiger partial charge in [-0.05, 0) is 17.7 Å². The SMILES string of the molecule is O=C(NCC1CN(Cc2ccccc2)CCO1)c1ccccc1-c1ncc(-c2ccccc2)o1. The monoisotopic (exact) mass is 453 g/mol. The van der Waals surface area contributed by atoms with E-state index in [0.29, 0.717) is 35.9 Å². The van der Waals surface area contributed by atoms with E-state index < -0.39 is 0 Å². The summed E-state index contributed by atoms with van der Waals surface area (Å²) in [6, 6.07) is 27.6. The number of carbonyl (C=O) groups is 1. The molecule has 5 rings (SSSR count). The summed E-state index contributed by atoms with van der Waals surface area (Å²) in [5, 5.41) is 3.04. The number of benzene rings is 3. The van der Waals surface area contributed by atoms with E-state index in [4.69, 9.17) is 9.15 Å². The van der Waals surface area contributed by atoms with E-state index in [1.807, 2.05) is 54.6 Å². The molecule has 0 radical (unpaired) electrons. The lowest BCUT2D eigenvalue weighted by atomic mass is 10.1. The fourth-order valence-electron chi connectivity index (χ4n) is 4.19. The Balaban J connectivity index is 1.23. The number of nitrogens with zero attached hydrogens (tertiary/aromatic N) is 2. The zero-order valence-corrected chi connectivity index (χ0v) is 18.9. The van der Waals surface area contributed by atoms with Crippen LogP contribution in [0.5, 0.6) is 0 Å². The van der Waals surface area contributed by atoms with Crippen molar-refractivity contribution in [2.75, 3.05) is 26.2 Å². The summed E-state index contributed by atoms with van der Waals surface area (Å²) in [4.78, 5) is 19.9. The molecule has 1 atom stereocenters. The zero-order valence-electron chi connectivity index (χ0n) is 18.9. The molecule has 0 bridgehead atoms. The van der Waals surface area contributed by atoms with Crippen molar-refractivity contribution in [3.05, 3.63) is 102 Å². The lowest BCUT2D eigenvalue weighted by Crippen LogP contribution is -2.47. The molecule has 1 unspecified atom stereocenters. The van der Waals surface area contributed by atoms with Crippen LogP contribution in [-0.4, -0.2) is 48.1 Å². The number of hydrogen-bond acceptors (Lipinski definition) is 5. The fraction of sp³-hybridized carbons (Fsp3) is 0.214. The average Bonchev–Trinajstić information content (AvgIpc) is 3.39. The number of hydrogen-bond donors (Lipinski definition) is 1. The molecule has 0 aliphatic carbocycles. The molecule has 172 valence electrons. The molecule has 3 aromatic carbocycles. The first-order valence-corrected chi connectivity index (χ1v) is 11.5. The lowest BCUT2D eigenvalue weighted by Gasteiger charge is -2.33. The Labute approximate surface area is 199 Å². The second kappa shape index (κ2) is 10.5. The van der Waals surface area contributed by atoms with Crippen molar-refractivity contribution < 1.29 is 13.9 Å². The number of carbonyl (C=O) groups excluding carboxylic acids is 1. The van der Waals surface area contributed by atoms with Gasteiger partial charge in [0.1, 0.15) is 0 Å². The normalized spacial score (nSPS) is 16.3. The maximum atomic E-state index is 13.1. The molecule has 1 N–H and O–H groups in total. The predicted molar refractivity (Wildman–Crippen MR) is 131 cm³/mol. The Bertz CT molecular complexity index is 1220. The van der Waals surface area contributed by atoms with Gasteiger partial charge in [-0.25, -0.2) is 4.98 Å². The highest BCUT2D eigenvalue weighted by atomic mass is 16.5. The van der Waals surface area contributed by atoms with E-state index in [-0.39, 0.29) is 12.0 Å². The van der Waals surface area contributed by atoms with Gasteiger partial charge >= 0.3 is 0 Å². The summed E-state index contributed by atoms with van der Waals surface area (Å²) < 4.78 is 11.9. The summed E-state index contributed by atoms with van der Waals surface area (Å²) >= 11 is 0. The van der Waals surface area contributed by atoms with Crippen molar-refractivity contribution in [1.29, 1.82) is 0 Å². The summed E-state index contributed by atoms with van der Waals surface area (Å²) in [7, 11) is 0. The molecule has 4 aromatic rings. The van der Waals surface area contributed by atoms with Crippen LogP contribution in [0.25, 0.3) is 22.8 Å². The van der Waals surface area contributed by atoms with Crippen LogP contribution < -0.4 is 5.32 Å². The molecule has 1 aliphatic heterocycles. The van der Waals surface area contributed by atoms with E-state index >= 15 is 0 Å². The summed E-state index contributed by atoms with van der Waals surface area (Å²) in [6.45, 7) is 3.64. The van der Waals surface area contributed by atoms with Crippen LogP contribution in [0.3, 0.4) is 0 Å². The summed E-state index contributed by atoms with van der Waals surface area (Å²) in [5.74, 6) is 0.923. The van der Waals surface area contributed by atoms with Crippen molar-refractivity contribution in [2.45, 2.75) is 12.6 Å². The van der Waals surface area contributed by atoms with Crippen molar-refractivity contribution in [3.8, 4) is 22.8 Å². The van der Waals surface area contributed by atoms with Crippen molar-refractivity contribution >= 4 is 5.91 Å². The van der Waals surface area contributed by atoms with Crippen molar-refractivity contribution in [3.63, 3.8) is 0 Å². The van der Waals surface area contributed by atoms with Gasteiger partial charge in [0.05, 0.1) is 24.5 Å². The number of nitrogens with one attached hydrogen (secondary N) is 1. The zero-order chi connectivity index (χ0) is 23.2. The van der Waals surface area contributed by atoms with Gasteiger partial charge < -0.3 is 14.5 Å². The van der Waals surface area contributed by atoms with Gasteiger partial charge in [-0.3, -0.25) is 9.69 Å². The largest absolute Gasteiger partial charge is 0.436 e. The third-order valence-corrected chi connectivity index (χ3v) is 5.93. The molecule has 0 saturated carbocycles. The van der Waals surface area contributed by atoms with Crippen LogP contribution in [-0.2, 0) is 11.3 Å². The minimum absolute atomic E-state index is 0.0556. The molecule has 1 aliphatic rings. The van der Waals surface area contributed by atoms with Crippen LogP contribution >= 0.6 is 0 Å². The first kappa shape index (κ1) is 22.1. The number of rotatable bonds is 7. The predicted octanol–water partition coefficient (Wildman–Crippen LogP) is 4.64. The molecule has 6 heteroatoms. The molecule has 1 amide bonds. The lowest BCUT2D eigenvalue weighted by molar-refractivity contribution is -0.0292. The van der Waals surface area contributed by atoms with Gasteiger partial charge in [0.15, 0.2) is 5.76 Å². The number of aromatic nitrogens is 1. The summed E-state index contributed by atoms with van der Waals surface area (Å²) in [5.41, 5.74) is 3.41. The second-order valence-corrected chi connectivity index (χ2v) is 8.36. The maximum absolute atomic E-state index is 13.1. The second-order valence-electron chi connectivity index (χ2n) is 8.36. The van der Waals surface area contributed by atoms with E-state index in [9.17, 15) is 4.79 Å². The molecule has 1 saturated heterocycles. The molecule has 1 fully saturated rings. The molecular weight excluding hydrogens is 426 g/mol. The Hall–Kier alpha value is -3.74. The smallest absolute Gasteiger partial charge is 0.252 e. The Kier molecular flexibility index (Phi) is 6.79. The van der Waals surface area contributed by atoms with Gasteiger partial charge in [-0.1, -0.05) is 72.8 Å². The van der Waals surface area contributed by atoms with Crippen LogP contribution in [0, 0.1) is 0 Å². The molecule has 1 aromatic heterocycles. The topological polar surface area (TPSA) is 67.6 Å². The van der Waals surface area contributed by atoms with Crippen molar-refractivity contribution in [2.24, 2.45) is 0 Å². The number of amides is 1. The molecule has 0 spiro atoms. The van der Waals surface area contributed by atoms with Gasteiger partial charge in [-0.15, -0.1) is 0 Å². The molecule has 6 nitrogen and oxygen atoms in total. The van der Waals surface area contributed by atoms with E-state index in [1.54, 1.807) is 12.3 Å². The first-order chi connectivity index (χ1) is 16.8. The Morgan fingerprint density at radius 2 is 1.71 bits per heavy atom. The molecule has 34 heavy (non-hydrogen) atoms. The third kappa shape index (κ3) is 5.25. The van der Waals surface area contributed by atoms with Crippen LogP contribution in [0.2, 0.25) is 0 Å². The number of ether oxygens (including phenoxy) is 1. The van der Waals surface area contributed by atoms with E-state index in [1.165, 1.54) is 5.56 Å². The van der Waals surface area contributed by atoms with E-state index in [2.05, 4.69) is 39.5 Å². The van der Waals surface area contributed by atoms with Crippen LogP contribution in [0.4, 0.5) is 0 Å². The van der Waals surface area contributed by atoms with Gasteiger partial charge in [0.2, 0.25) is 5.89 Å². The van der Waals surface area contributed by atoms with Crippen LogP contribution in [0.1, 0.15) is 15.9 Å². The maximum Gasteiger partial charge on any atom is 0.252 e. The van der Waals surface area contributed by atoms with Crippen molar-refractivity contribution in [1.82, 2.24) is 15.2 Å². The summed E-state index contributed by atoms with van der Waals surface area (Å²) in [6.07, 6.45) is 1.64. The van der Waals surface area contributed by atoms with Gasteiger partial charge in [0, 0.05) is 37.3 Å². The Morgan fingerprint density at radius 1 is 0.971 bits per heavy atom. The molecule has 2 heterocycles. The number of morpholine rings is 1. The number of oxazole rings is 1. The average molecular weight is 454 g/mol. The third-order valence-electron chi connectivity index (χ3n) is 5.93. The minimum Gasteiger partial charge on any atom is -0.436 e. The first-order valence-electron chi connectivity index (χ1n) is 11.5. The molecular formula is C28H27N3O3.